The monoisotopic (exact) mass is 498 g/mol. The van der Waals surface area contributed by atoms with E-state index in [9.17, 15) is 14.4 Å². The minimum absolute atomic E-state index is 0.0352. The van der Waals surface area contributed by atoms with E-state index in [2.05, 4.69) is 20.6 Å². The Balaban J connectivity index is 1.23. The Morgan fingerprint density at radius 3 is 2.88 bits per heavy atom. The molecule has 0 atom stereocenters. The van der Waals surface area contributed by atoms with Crippen molar-refractivity contribution >= 4 is 50.8 Å². The number of thioether (sulfide) groups is 1. The predicted molar refractivity (Wildman–Crippen MR) is 139 cm³/mol. The number of nitrogens with one attached hydrogen (secondary N) is 3. The Morgan fingerprint density at radius 2 is 2.06 bits per heavy atom. The third kappa shape index (κ3) is 6.07. The van der Waals surface area contributed by atoms with Gasteiger partial charge in [-0.25, -0.2) is 4.98 Å². The molecule has 2 aromatic heterocycles. The fraction of sp³-hybridized carbons (Fsp3) is 0.440. The number of H-pyrrole nitrogens is 1. The largest absolute Gasteiger partial charge is 0.352 e. The summed E-state index contributed by atoms with van der Waals surface area (Å²) in [6.45, 7) is 4.10. The van der Waals surface area contributed by atoms with Crippen LogP contribution in [0.2, 0.25) is 0 Å². The molecule has 1 aliphatic rings. The zero-order valence-electron chi connectivity index (χ0n) is 19.5. The predicted octanol–water partition coefficient (Wildman–Crippen LogP) is 4.40. The van der Waals surface area contributed by atoms with E-state index in [0.717, 1.165) is 40.7 Å². The number of fused-ring (bicyclic) bond motifs is 3. The van der Waals surface area contributed by atoms with E-state index in [1.165, 1.54) is 16.9 Å². The highest BCUT2D eigenvalue weighted by Crippen LogP contribution is 2.33. The molecule has 0 unspecified atom stereocenters. The van der Waals surface area contributed by atoms with Crippen molar-refractivity contribution in [3.8, 4) is 0 Å². The molecule has 3 aromatic rings. The number of hydrogen-bond donors (Lipinski definition) is 3. The number of hydrogen-bond acceptors (Lipinski definition) is 6. The van der Waals surface area contributed by atoms with Crippen LogP contribution in [0.25, 0.3) is 10.2 Å². The number of carbonyl (C=O) groups excluding carboxylic acids is 2. The summed E-state index contributed by atoms with van der Waals surface area (Å²) in [6.07, 6.45) is 4.72. The molecule has 2 amide bonds. The lowest BCUT2D eigenvalue weighted by Gasteiger charge is -2.10. The maximum absolute atomic E-state index is 12.6. The second kappa shape index (κ2) is 11.2. The van der Waals surface area contributed by atoms with Crippen LogP contribution in [0.5, 0.6) is 0 Å². The van der Waals surface area contributed by atoms with Crippen molar-refractivity contribution in [2.45, 2.75) is 58.2 Å². The normalized spacial score (nSPS) is 13.1. The first-order chi connectivity index (χ1) is 16.4. The second-order valence-corrected chi connectivity index (χ2v) is 11.0. The van der Waals surface area contributed by atoms with Crippen molar-refractivity contribution < 1.29 is 9.59 Å². The number of anilines is 1. The van der Waals surface area contributed by atoms with Crippen molar-refractivity contribution in [3.63, 3.8) is 0 Å². The molecular formula is C25H30N4O3S2. The Kier molecular flexibility index (Phi) is 8.05. The van der Waals surface area contributed by atoms with Crippen LogP contribution in [0, 0.1) is 5.92 Å². The smallest absolute Gasteiger partial charge is 0.259 e. The van der Waals surface area contributed by atoms with E-state index >= 15 is 0 Å². The van der Waals surface area contributed by atoms with E-state index in [-0.39, 0.29) is 23.3 Å². The molecule has 0 bridgehead atoms. The molecule has 3 N–H and O–H groups in total. The summed E-state index contributed by atoms with van der Waals surface area (Å²) < 4.78 is 0. The zero-order chi connectivity index (χ0) is 24.1. The molecule has 1 aliphatic carbocycles. The quantitative estimate of drug-likeness (QED) is 0.380. The first-order valence-corrected chi connectivity index (χ1v) is 13.7. The van der Waals surface area contributed by atoms with Gasteiger partial charge in [-0.1, -0.05) is 26.0 Å². The highest BCUT2D eigenvalue weighted by atomic mass is 32.2. The third-order valence-corrected chi connectivity index (χ3v) is 7.95. The molecule has 0 aliphatic heterocycles. The Labute approximate surface area is 207 Å². The fourth-order valence-corrected chi connectivity index (χ4v) is 6.03. The molecule has 9 heteroatoms. The van der Waals surface area contributed by atoms with Crippen LogP contribution in [0.15, 0.2) is 29.1 Å². The number of aryl methyl sites for hydroxylation is 2. The van der Waals surface area contributed by atoms with Crippen molar-refractivity contribution in [3.05, 3.63) is 56.4 Å². The lowest BCUT2D eigenvalue weighted by atomic mass is 9.97. The van der Waals surface area contributed by atoms with Gasteiger partial charge in [0.05, 0.1) is 11.1 Å². The molecule has 4 rings (SSSR count). The fourth-order valence-electron chi connectivity index (χ4n) is 3.95. The summed E-state index contributed by atoms with van der Waals surface area (Å²) in [4.78, 5) is 46.5. The summed E-state index contributed by atoms with van der Waals surface area (Å²) in [6, 6.07) is 7.49. The summed E-state index contributed by atoms with van der Waals surface area (Å²) in [5.41, 5.74) is 2.82. The number of thiophene rings is 1. The van der Waals surface area contributed by atoms with Crippen LogP contribution in [-0.4, -0.2) is 27.5 Å². The molecule has 0 radical (unpaired) electrons. The van der Waals surface area contributed by atoms with Gasteiger partial charge in [0.2, 0.25) is 11.8 Å². The number of aromatic amines is 1. The first kappa shape index (κ1) is 24.5. The lowest BCUT2D eigenvalue weighted by molar-refractivity contribution is -0.121. The van der Waals surface area contributed by atoms with Crippen molar-refractivity contribution in [2.75, 3.05) is 11.1 Å². The minimum Gasteiger partial charge on any atom is -0.352 e. The first-order valence-electron chi connectivity index (χ1n) is 11.7. The highest BCUT2D eigenvalue weighted by molar-refractivity contribution is 7.98. The minimum atomic E-state index is -0.0913. The number of rotatable bonds is 9. The molecule has 0 fully saturated rings. The molecule has 0 spiro atoms. The van der Waals surface area contributed by atoms with Gasteiger partial charge >= 0.3 is 0 Å². The van der Waals surface area contributed by atoms with Gasteiger partial charge in [0.25, 0.3) is 5.56 Å². The van der Waals surface area contributed by atoms with E-state index in [0.29, 0.717) is 30.3 Å². The van der Waals surface area contributed by atoms with Gasteiger partial charge in [0.15, 0.2) is 0 Å². The Morgan fingerprint density at radius 1 is 1.24 bits per heavy atom. The molecule has 2 heterocycles. The number of carbonyl (C=O) groups is 2. The molecule has 0 saturated carbocycles. The number of aromatic nitrogens is 2. The van der Waals surface area contributed by atoms with Crippen LogP contribution in [0.4, 0.5) is 5.69 Å². The van der Waals surface area contributed by atoms with Gasteiger partial charge < -0.3 is 15.6 Å². The topological polar surface area (TPSA) is 104 Å². The highest BCUT2D eigenvalue weighted by Gasteiger charge is 2.19. The van der Waals surface area contributed by atoms with Gasteiger partial charge in [0, 0.05) is 35.2 Å². The maximum atomic E-state index is 12.6. The SMILES string of the molecule is CC(C)C(=O)Nc1cccc(CNC(=O)CCSCc2nc3sc4c(c3c(=O)[nH]2)CCCC4)c1. The zero-order valence-corrected chi connectivity index (χ0v) is 21.2. The van der Waals surface area contributed by atoms with E-state index in [4.69, 9.17) is 0 Å². The molecular weight excluding hydrogens is 468 g/mol. The average Bonchev–Trinajstić information content (AvgIpc) is 3.19. The Hall–Kier alpha value is -2.65. The van der Waals surface area contributed by atoms with E-state index in [1.54, 1.807) is 23.1 Å². The molecule has 34 heavy (non-hydrogen) atoms. The number of nitrogens with zero attached hydrogens (tertiary/aromatic N) is 1. The molecule has 1 aromatic carbocycles. The Bertz CT molecular complexity index is 1250. The van der Waals surface area contributed by atoms with Crippen molar-refractivity contribution in [1.29, 1.82) is 0 Å². The molecule has 180 valence electrons. The van der Waals surface area contributed by atoms with Crippen LogP contribution in [0.3, 0.4) is 0 Å². The van der Waals surface area contributed by atoms with Crippen LogP contribution < -0.4 is 16.2 Å². The third-order valence-electron chi connectivity index (χ3n) is 5.79. The number of benzene rings is 1. The van der Waals surface area contributed by atoms with E-state index in [1.807, 2.05) is 38.1 Å². The van der Waals surface area contributed by atoms with Gasteiger partial charge in [-0.2, -0.15) is 11.8 Å². The second-order valence-electron chi connectivity index (χ2n) is 8.83. The average molecular weight is 499 g/mol. The van der Waals surface area contributed by atoms with Gasteiger partial charge in [0.1, 0.15) is 10.7 Å². The van der Waals surface area contributed by atoms with Crippen LogP contribution in [0.1, 0.15) is 54.9 Å². The summed E-state index contributed by atoms with van der Waals surface area (Å²) in [7, 11) is 0. The van der Waals surface area contributed by atoms with Crippen molar-refractivity contribution in [1.82, 2.24) is 15.3 Å². The summed E-state index contributed by atoms with van der Waals surface area (Å²) >= 11 is 3.24. The summed E-state index contributed by atoms with van der Waals surface area (Å²) in [5.74, 6) is 1.71. The molecule has 7 nitrogen and oxygen atoms in total. The van der Waals surface area contributed by atoms with Crippen LogP contribution >= 0.6 is 23.1 Å². The van der Waals surface area contributed by atoms with Gasteiger partial charge in [-0.3, -0.25) is 14.4 Å². The lowest BCUT2D eigenvalue weighted by Crippen LogP contribution is -2.23. The molecule has 0 saturated heterocycles. The standard InChI is InChI=1S/C25H30N4O3S2/c1-15(2)23(31)27-17-7-5-6-16(12-17)13-26-21(30)10-11-33-14-20-28-24(32)22-18-8-3-4-9-19(18)34-25(22)29-20/h5-7,12,15H,3-4,8-11,13-14H2,1-2H3,(H,26,30)(H,27,31)(H,28,29,32). The maximum Gasteiger partial charge on any atom is 0.259 e. The van der Waals surface area contributed by atoms with E-state index < -0.39 is 0 Å². The van der Waals surface area contributed by atoms with Crippen molar-refractivity contribution in [2.24, 2.45) is 5.92 Å². The van der Waals surface area contributed by atoms with Gasteiger partial charge in [-0.05, 0) is 48.9 Å². The number of amides is 2. The summed E-state index contributed by atoms with van der Waals surface area (Å²) in [5, 5.41) is 6.57. The van der Waals surface area contributed by atoms with Gasteiger partial charge in [-0.15, -0.1) is 11.3 Å². The van der Waals surface area contributed by atoms with Crippen LogP contribution in [-0.2, 0) is 34.7 Å².